The second-order valence-corrected chi connectivity index (χ2v) is 6.01. The number of hydrogen-bond acceptors (Lipinski definition) is 4. The summed E-state index contributed by atoms with van der Waals surface area (Å²) in [6.07, 6.45) is 5.92. The van der Waals surface area contributed by atoms with E-state index in [4.69, 9.17) is 0 Å². The number of alkyl halides is 3. The summed E-state index contributed by atoms with van der Waals surface area (Å²) >= 11 is -0.181. The third-order valence-electron chi connectivity index (χ3n) is 3.08. The first kappa shape index (κ1) is 17.0. The summed E-state index contributed by atoms with van der Waals surface area (Å²) in [5.41, 5.74) is -3.11. The van der Waals surface area contributed by atoms with Crippen LogP contribution >= 0.6 is 11.8 Å². The van der Waals surface area contributed by atoms with Gasteiger partial charge in [0.1, 0.15) is 5.82 Å². The molecule has 1 aromatic carbocycles. The van der Waals surface area contributed by atoms with Gasteiger partial charge in [0.2, 0.25) is 5.91 Å². The van der Waals surface area contributed by atoms with Crippen molar-refractivity contribution in [2.45, 2.75) is 10.4 Å². The molecule has 2 aromatic heterocycles. The van der Waals surface area contributed by atoms with Crippen LogP contribution in [0.1, 0.15) is 5.56 Å². The number of aromatic nitrogens is 3. The highest BCUT2D eigenvalue weighted by Crippen LogP contribution is 2.36. The summed E-state index contributed by atoms with van der Waals surface area (Å²) in [6, 6.07) is 9.03. The number of halogens is 3. The van der Waals surface area contributed by atoms with Crippen LogP contribution in [0.4, 0.5) is 19.0 Å². The Morgan fingerprint density at radius 3 is 2.60 bits per heavy atom. The molecule has 0 fully saturated rings. The Bertz CT molecular complexity index is 919. The Morgan fingerprint density at radius 1 is 1.12 bits per heavy atom. The van der Waals surface area contributed by atoms with Crippen LogP contribution in [0, 0.1) is 0 Å². The number of nitrogens with zero attached hydrogens (tertiary/aromatic N) is 3. The van der Waals surface area contributed by atoms with Crippen molar-refractivity contribution in [2.24, 2.45) is 0 Å². The molecule has 0 spiro atoms. The maximum atomic E-state index is 12.3. The smallest absolute Gasteiger partial charge is 0.307 e. The molecule has 25 heavy (non-hydrogen) atoms. The number of hydrogen-bond donors (Lipinski definition) is 1. The SMILES string of the molecule is O=C(/C=C/c1ccc(SC(F)(F)F)cc1)Nc1ccnc2ccnn12. The predicted molar refractivity (Wildman–Crippen MR) is 89.0 cm³/mol. The van der Waals surface area contributed by atoms with Crippen molar-refractivity contribution < 1.29 is 18.0 Å². The van der Waals surface area contributed by atoms with Gasteiger partial charge in [-0.25, -0.2) is 4.98 Å². The minimum Gasteiger partial charge on any atom is -0.307 e. The first-order chi connectivity index (χ1) is 11.9. The molecule has 3 rings (SSSR count). The van der Waals surface area contributed by atoms with Crippen molar-refractivity contribution in [3.8, 4) is 0 Å². The van der Waals surface area contributed by atoms with Crippen molar-refractivity contribution in [2.75, 3.05) is 5.32 Å². The van der Waals surface area contributed by atoms with E-state index in [0.717, 1.165) is 0 Å². The first-order valence-electron chi connectivity index (χ1n) is 7.04. The van der Waals surface area contributed by atoms with E-state index in [2.05, 4.69) is 15.4 Å². The number of nitrogens with one attached hydrogen (secondary N) is 1. The number of thioether (sulfide) groups is 1. The maximum absolute atomic E-state index is 12.3. The van der Waals surface area contributed by atoms with E-state index in [1.807, 2.05) is 0 Å². The summed E-state index contributed by atoms with van der Waals surface area (Å²) in [6.45, 7) is 0. The molecule has 0 aliphatic carbocycles. The van der Waals surface area contributed by atoms with Crippen molar-refractivity contribution in [1.82, 2.24) is 14.6 Å². The molecule has 0 aliphatic heterocycles. The Labute approximate surface area is 144 Å². The molecule has 0 aliphatic rings. The van der Waals surface area contributed by atoms with Crippen LogP contribution in [0.2, 0.25) is 0 Å². The summed E-state index contributed by atoms with van der Waals surface area (Å²) in [5.74, 6) is 0.0679. The zero-order valence-electron chi connectivity index (χ0n) is 12.6. The molecule has 0 radical (unpaired) electrons. The summed E-state index contributed by atoms with van der Waals surface area (Å²) in [5, 5.41) is 6.72. The van der Waals surface area contributed by atoms with Gasteiger partial charge in [-0.05, 0) is 41.6 Å². The van der Waals surface area contributed by atoms with Crippen molar-refractivity contribution >= 4 is 35.2 Å². The summed E-state index contributed by atoms with van der Waals surface area (Å²) < 4.78 is 38.3. The largest absolute Gasteiger partial charge is 0.446 e. The third kappa shape index (κ3) is 4.60. The lowest BCUT2D eigenvalue weighted by Crippen LogP contribution is -2.11. The van der Waals surface area contributed by atoms with E-state index in [0.29, 0.717) is 17.0 Å². The van der Waals surface area contributed by atoms with Gasteiger partial charge in [-0.1, -0.05) is 12.1 Å². The van der Waals surface area contributed by atoms with Gasteiger partial charge in [0.15, 0.2) is 5.65 Å². The van der Waals surface area contributed by atoms with Gasteiger partial charge in [0, 0.05) is 23.2 Å². The van der Waals surface area contributed by atoms with Gasteiger partial charge in [0.25, 0.3) is 0 Å². The molecule has 1 amide bonds. The quantitative estimate of drug-likeness (QED) is 0.562. The van der Waals surface area contributed by atoms with Crippen LogP contribution in [-0.2, 0) is 4.79 Å². The van der Waals surface area contributed by atoms with Crippen LogP contribution in [-0.4, -0.2) is 26.0 Å². The van der Waals surface area contributed by atoms with Gasteiger partial charge in [-0.3, -0.25) is 4.79 Å². The van der Waals surface area contributed by atoms with Crippen LogP contribution < -0.4 is 5.32 Å². The van der Waals surface area contributed by atoms with E-state index in [1.54, 1.807) is 24.5 Å². The number of amides is 1. The molecule has 0 saturated heterocycles. The summed E-state index contributed by atoms with van der Waals surface area (Å²) in [4.78, 5) is 16.2. The van der Waals surface area contributed by atoms with E-state index in [-0.39, 0.29) is 16.7 Å². The van der Waals surface area contributed by atoms with Crippen molar-refractivity contribution in [3.63, 3.8) is 0 Å². The Morgan fingerprint density at radius 2 is 1.88 bits per heavy atom. The second kappa shape index (κ2) is 6.98. The molecule has 2 heterocycles. The van der Waals surface area contributed by atoms with Crippen LogP contribution in [0.5, 0.6) is 0 Å². The van der Waals surface area contributed by atoms with Crippen molar-refractivity contribution in [3.05, 3.63) is 60.4 Å². The highest BCUT2D eigenvalue weighted by Gasteiger charge is 2.28. The predicted octanol–water partition coefficient (Wildman–Crippen LogP) is 3.99. The monoisotopic (exact) mass is 364 g/mol. The molecule has 3 aromatic rings. The average molecular weight is 364 g/mol. The highest BCUT2D eigenvalue weighted by atomic mass is 32.2. The lowest BCUT2D eigenvalue weighted by molar-refractivity contribution is -0.111. The number of carbonyl (C=O) groups excluding carboxylic acids is 1. The molecule has 5 nitrogen and oxygen atoms in total. The van der Waals surface area contributed by atoms with E-state index < -0.39 is 11.4 Å². The van der Waals surface area contributed by atoms with Gasteiger partial charge < -0.3 is 5.32 Å². The average Bonchev–Trinajstić information content (AvgIpc) is 3.02. The standard InChI is InChI=1S/C16H11F3N4OS/c17-16(18,19)25-12-4-1-11(2-5-12)3-6-15(24)22-14-7-9-20-13-8-10-21-23(13)14/h1-10H,(H,22,24)/b6-3+. The molecular weight excluding hydrogens is 353 g/mol. The molecule has 9 heteroatoms. The molecule has 0 unspecified atom stereocenters. The van der Waals surface area contributed by atoms with Crippen LogP contribution in [0.25, 0.3) is 11.7 Å². The first-order valence-corrected chi connectivity index (χ1v) is 7.86. The molecule has 0 saturated carbocycles. The molecule has 1 N–H and O–H groups in total. The van der Waals surface area contributed by atoms with Gasteiger partial charge >= 0.3 is 5.51 Å². The number of fused-ring (bicyclic) bond motifs is 1. The van der Waals surface area contributed by atoms with Crippen LogP contribution in [0.3, 0.4) is 0 Å². The fourth-order valence-corrected chi connectivity index (χ4v) is 2.59. The lowest BCUT2D eigenvalue weighted by Gasteiger charge is -2.05. The highest BCUT2D eigenvalue weighted by molar-refractivity contribution is 8.00. The Kier molecular flexibility index (Phi) is 4.75. The number of rotatable bonds is 4. The van der Waals surface area contributed by atoms with Gasteiger partial charge in [0.05, 0.1) is 6.20 Å². The zero-order chi connectivity index (χ0) is 17.9. The van der Waals surface area contributed by atoms with E-state index in [1.165, 1.54) is 40.9 Å². The zero-order valence-corrected chi connectivity index (χ0v) is 13.4. The number of carbonyl (C=O) groups is 1. The van der Waals surface area contributed by atoms with Gasteiger partial charge in [-0.2, -0.15) is 22.8 Å². The lowest BCUT2D eigenvalue weighted by atomic mass is 10.2. The third-order valence-corrected chi connectivity index (χ3v) is 3.82. The maximum Gasteiger partial charge on any atom is 0.446 e. The number of anilines is 1. The number of benzene rings is 1. The topological polar surface area (TPSA) is 59.3 Å². The molecular formula is C16H11F3N4OS. The minimum absolute atomic E-state index is 0.0898. The second-order valence-electron chi connectivity index (χ2n) is 4.87. The molecule has 128 valence electrons. The van der Waals surface area contributed by atoms with E-state index >= 15 is 0 Å². The fraction of sp³-hybridized carbons (Fsp3) is 0.0625. The minimum atomic E-state index is -4.32. The van der Waals surface area contributed by atoms with Crippen LogP contribution in [0.15, 0.2) is 59.8 Å². The Hall–Kier alpha value is -2.81. The molecule has 0 bridgehead atoms. The van der Waals surface area contributed by atoms with Gasteiger partial charge in [-0.15, -0.1) is 0 Å². The van der Waals surface area contributed by atoms with Crippen molar-refractivity contribution in [1.29, 1.82) is 0 Å². The fourth-order valence-electron chi connectivity index (χ4n) is 2.05. The Balaban J connectivity index is 1.65. The normalized spacial score (nSPS) is 12.0. The van der Waals surface area contributed by atoms with E-state index in [9.17, 15) is 18.0 Å². The summed E-state index contributed by atoms with van der Waals surface area (Å²) in [7, 11) is 0. The molecule has 0 atom stereocenters.